The van der Waals surface area contributed by atoms with Crippen LogP contribution >= 0.6 is 0 Å². The molecule has 1 unspecified atom stereocenters. The van der Waals surface area contributed by atoms with Gasteiger partial charge in [-0.1, -0.05) is 37.3 Å². The minimum Gasteiger partial charge on any atom is -0.455 e. The number of ether oxygens (including phenoxy) is 1. The summed E-state index contributed by atoms with van der Waals surface area (Å²) in [5.74, 6) is 1.83. The van der Waals surface area contributed by atoms with E-state index in [2.05, 4.69) is 17.1 Å². The van der Waals surface area contributed by atoms with Crippen LogP contribution in [0, 0.1) is 0 Å². The van der Waals surface area contributed by atoms with E-state index in [9.17, 15) is 4.79 Å². The highest BCUT2D eigenvalue weighted by atomic mass is 16.5. The van der Waals surface area contributed by atoms with Gasteiger partial charge in [-0.25, -0.2) is 0 Å². The van der Waals surface area contributed by atoms with Crippen LogP contribution in [0.15, 0.2) is 54.6 Å². The van der Waals surface area contributed by atoms with Crippen LogP contribution in [0.4, 0.5) is 5.69 Å². The predicted molar refractivity (Wildman–Crippen MR) is 106 cm³/mol. The van der Waals surface area contributed by atoms with Crippen molar-refractivity contribution in [3.05, 3.63) is 54.6 Å². The van der Waals surface area contributed by atoms with Crippen molar-refractivity contribution in [3.63, 3.8) is 0 Å². The average molecular weight is 352 g/mol. The fourth-order valence-electron chi connectivity index (χ4n) is 3.52. The van der Waals surface area contributed by atoms with Crippen molar-refractivity contribution in [2.24, 2.45) is 0 Å². The van der Waals surface area contributed by atoms with E-state index in [1.54, 1.807) is 0 Å². The normalized spacial score (nSPS) is 17.0. The minimum atomic E-state index is 0.255. The molecule has 4 nitrogen and oxygen atoms in total. The Morgan fingerprint density at radius 1 is 1.12 bits per heavy atom. The van der Waals surface area contributed by atoms with E-state index in [0.717, 1.165) is 43.0 Å². The second-order valence-electron chi connectivity index (χ2n) is 6.73. The summed E-state index contributed by atoms with van der Waals surface area (Å²) in [6, 6.07) is 18.0. The van der Waals surface area contributed by atoms with Gasteiger partial charge in [0.1, 0.15) is 5.75 Å². The van der Waals surface area contributed by atoms with Crippen molar-refractivity contribution in [1.82, 2.24) is 4.90 Å². The fraction of sp³-hybridized carbons (Fsp3) is 0.409. The SMILES string of the molecule is CCC1CCCCN1C(=O)CCNc1ccccc1Oc1ccccc1. The van der Waals surface area contributed by atoms with Crippen LogP contribution in [0.3, 0.4) is 0 Å². The molecule has 2 aromatic carbocycles. The molecule has 1 atom stereocenters. The smallest absolute Gasteiger partial charge is 0.224 e. The number of likely N-dealkylation sites (tertiary alicyclic amines) is 1. The van der Waals surface area contributed by atoms with Gasteiger partial charge in [-0.2, -0.15) is 0 Å². The van der Waals surface area contributed by atoms with Crippen molar-refractivity contribution in [2.45, 2.75) is 45.1 Å². The van der Waals surface area contributed by atoms with E-state index in [4.69, 9.17) is 4.74 Å². The standard InChI is InChI=1S/C22H28N2O2/c1-2-18-10-8-9-17-24(18)22(25)15-16-23-20-13-6-7-14-21(20)26-19-11-4-3-5-12-19/h3-7,11-14,18,23H,2,8-10,15-17H2,1H3. The van der Waals surface area contributed by atoms with Gasteiger partial charge in [-0.3, -0.25) is 4.79 Å². The topological polar surface area (TPSA) is 41.6 Å². The van der Waals surface area contributed by atoms with E-state index in [1.807, 2.05) is 54.6 Å². The van der Waals surface area contributed by atoms with E-state index in [1.165, 1.54) is 6.42 Å². The first-order valence-corrected chi connectivity index (χ1v) is 9.63. The quantitative estimate of drug-likeness (QED) is 0.756. The van der Waals surface area contributed by atoms with Crippen LogP contribution in [0.25, 0.3) is 0 Å². The van der Waals surface area contributed by atoms with E-state index in [0.29, 0.717) is 19.0 Å². The van der Waals surface area contributed by atoms with Crippen LogP contribution in [0.1, 0.15) is 39.0 Å². The Bertz CT molecular complexity index is 702. The Labute approximate surface area is 156 Å². The molecular formula is C22H28N2O2. The van der Waals surface area contributed by atoms with Gasteiger partial charge in [0.25, 0.3) is 0 Å². The fourth-order valence-corrected chi connectivity index (χ4v) is 3.52. The molecule has 1 aliphatic rings. The molecule has 0 saturated carbocycles. The lowest BCUT2D eigenvalue weighted by molar-refractivity contribution is -0.134. The van der Waals surface area contributed by atoms with Gasteiger partial charge < -0.3 is 15.0 Å². The van der Waals surface area contributed by atoms with Gasteiger partial charge in [0, 0.05) is 25.6 Å². The highest BCUT2D eigenvalue weighted by molar-refractivity contribution is 5.77. The summed E-state index contributed by atoms with van der Waals surface area (Å²) in [6.07, 6.45) is 5.07. The number of nitrogens with zero attached hydrogens (tertiary/aromatic N) is 1. The van der Waals surface area contributed by atoms with Crippen molar-refractivity contribution in [3.8, 4) is 11.5 Å². The zero-order chi connectivity index (χ0) is 18.2. The molecule has 138 valence electrons. The zero-order valence-corrected chi connectivity index (χ0v) is 15.5. The number of benzene rings is 2. The summed E-state index contributed by atoms with van der Waals surface area (Å²) in [6.45, 7) is 3.69. The van der Waals surface area contributed by atoms with Gasteiger partial charge >= 0.3 is 0 Å². The molecule has 1 N–H and O–H groups in total. The Morgan fingerprint density at radius 2 is 1.88 bits per heavy atom. The van der Waals surface area contributed by atoms with Gasteiger partial charge in [0.2, 0.25) is 5.91 Å². The average Bonchev–Trinajstić information content (AvgIpc) is 2.70. The molecule has 2 aromatic rings. The maximum Gasteiger partial charge on any atom is 0.224 e. The van der Waals surface area contributed by atoms with Gasteiger partial charge in [-0.15, -0.1) is 0 Å². The summed E-state index contributed by atoms with van der Waals surface area (Å²) < 4.78 is 5.96. The van der Waals surface area contributed by atoms with Crippen molar-refractivity contribution in [2.75, 3.05) is 18.4 Å². The number of carbonyl (C=O) groups excluding carboxylic acids is 1. The molecule has 4 heteroatoms. The molecule has 1 amide bonds. The Kier molecular flexibility index (Phi) is 6.53. The molecule has 0 aromatic heterocycles. The molecule has 0 radical (unpaired) electrons. The van der Waals surface area contributed by atoms with Crippen LogP contribution in [0.5, 0.6) is 11.5 Å². The number of para-hydroxylation sites is 3. The summed E-state index contributed by atoms with van der Waals surface area (Å²) >= 11 is 0. The number of hydrogen-bond donors (Lipinski definition) is 1. The van der Waals surface area contributed by atoms with Crippen LogP contribution < -0.4 is 10.1 Å². The van der Waals surface area contributed by atoms with Gasteiger partial charge in [0.05, 0.1) is 5.69 Å². The summed E-state index contributed by atoms with van der Waals surface area (Å²) in [4.78, 5) is 14.7. The number of anilines is 1. The summed E-state index contributed by atoms with van der Waals surface area (Å²) in [5, 5.41) is 3.36. The molecule has 3 rings (SSSR count). The molecule has 1 heterocycles. The molecule has 1 fully saturated rings. The first-order chi connectivity index (χ1) is 12.8. The second-order valence-corrected chi connectivity index (χ2v) is 6.73. The van der Waals surface area contributed by atoms with Crippen molar-refractivity contribution < 1.29 is 9.53 Å². The largest absolute Gasteiger partial charge is 0.455 e. The van der Waals surface area contributed by atoms with Gasteiger partial charge in [0.15, 0.2) is 5.75 Å². The van der Waals surface area contributed by atoms with E-state index >= 15 is 0 Å². The lowest BCUT2D eigenvalue weighted by Gasteiger charge is -2.35. The molecule has 1 aliphatic heterocycles. The molecule has 0 aliphatic carbocycles. The Hall–Kier alpha value is -2.49. The van der Waals surface area contributed by atoms with Crippen LogP contribution in [0.2, 0.25) is 0 Å². The second kappa shape index (κ2) is 9.27. The molecule has 0 bridgehead atoms. The lowest BCUT2D eigenvalue weighted by Crippen LogP contribution is -2.43. The number of carbonyl (C=O) groups is 1. The maximum absolute atomic E-state index is 12.6. The van der Waals surface area contributed by atoms with Crippen LogP contribution in [-0.4, -0.2) is 29.9 Å². The Balaban J connectivity index is 1.55. The highest BCUT2D eigenvalue weighted by Gasteiger charge is 2.24. The third-order valence-corrected chi connectivity index (χ3v) is 4.93. The number of hydrogen-bond acceptors (Lipinski definition) is 3. The predicted octanol–water partition coefficient (Wildman–Crippen LogP) is 5.07. The van der Waals surface area contributed by atoms with Crippen molar-refractivity contribution in [1.29, 1.82) is 0 Å². The van der Waals surface area contributed by atoms with Crippen LogP contribution in [-0.2, 0) is 4.79 Å². The first-order valence-electron chi connectivity index (χ1n) is 9.63. The third-order valence-electron chi connectivity index (χ3n) is 4.93. The lowest BCUT2D eigenvalue weighted by atomic mass is 9.99. The van der Waals surface area contributed by atoms with Crippen molar-refractivity contribution >= 4 is 11.6 Å². The number of rotatable bonds is 7. The molecule has 1 saturated heterocycles. The van der Waals surface area contributed by atoms with E-state index < -0.39 is 0 Å². The zero-order valence-electron chi connectivity index (χ0n) is 15.5. The van der Waals surface area contributed by atoms with E-state index in [-0.39, 0.29) is 5.91 Å². The third kappa shape index (κ3) is 4.78. The molecular weight excluding hydrogens is 324 g/mol. The maximum atomic E-state index is 12.6. The first kappa shape index (κ1) is 18.3. The minimum absolute atomic E-state index is 0.255. The number of amides is 1. The molecule has 0 spiro atoms. The summed E-state index contributed by atoms with van der Waals surface area (Å²) in [7, 11) is 0. The Morgan fingerprint density at radius 3 is 2.69 bits per heavy atom. The summed E-state index contributed by atoms with van der Waals surface area (Å²) in [5.41, 5.74) is 0.912. The molecule has 26 heavy (non-hydrogen) atoms. The number of nitrogens with one attached hydrogen (secondary N) is 1. The number of piperidine rings is 1. The van der Waals surface area contributed by atoms with Gasteiger partial charge in [-0.05, 0) is 49.9 Å². The monoisotopic (exact) mass is 352 g/mol. The highest BCUT2D eigenvalue weighted by Crippen LogP contribution is 2.29.